The molecule has 0 bridgehead atoms. The Labute approximate surface area is 181 Å². The van der Waals surface area contributed by atoms with E-state index in [0.717, 1.165) is 35.8 Å². The SMILES string of the molecule is C=CCn1c(SC[C@H](O)CO[C@H]2CCCc3ccccc32)nnc1-c1ccncc1. The molecule has 0 unspecified atom stereocenters. The Hall–Kier alpha value is -2.48. The van der Waals surface area contributed by atoms with Crippen molar-refractivity contribution in [3.05, 3.63) is 72.6 Å². The molecule has 0 amide bonds. The molecule has 2 aromatic heterocycles. The molecule has 3 aromatic rings. The number of hydrogen-bond acceptors (Lipinski definition) is 6. The van der Waals surface area contributed by atoms with Gasteiger partial charge in [-0.2, -0.15) is 0 Å². The number of nitrogens with zero attached hydrogens (tertiary/aromatic N) is 4. The van der Waals surface area contributed by atoms with Crippen LogP contribution in [0.2, 0.25) is 0 Å². The van der Waals surface area contributed by atoms with Crippen molar-refractivity contribution in [3.8, 4) is 11.4 Å². The maximum atomic E-state index is 10.5. The van der Waals surface area contributed by atoms with Crippen LogP contribution in [0.25, 0.3) is 11.4 Å². The van der Waals surface area contributed by atoms with Crippen molar-refractivity contribution in [3.63, 3.8) is 0 Å². The molecule has 0 saturated heterocycles. The maximum Gasteiger partial charge on any atom is 0.191 e. The van der Waals surface area contributed by atoms with Crippen molar-refractivity contribution < 1.29 is 9.84 Å². The van der Waals surface area contributed by atoms with Gasteiger partial charge in [-0.3, -0.25) is 9.55 Å². The van der Waals surface area contributed by atoms with Crippen molar-refractivity contribution >= 4 is 11.8 Å². The minimum absolute atomic E-state index is 0.0670. The van der Waals surface area contributed by atoms with Crippen LogP contribution in [0.1, 0.15) is 30.1 Å². The van der Waals surface area contributed by atoms with E-state index in [4.69, 9.17) is 4.74 Å². The molecule has 2 heterocycles. The van der Waals surface area contributed by atoms with Crippen molar-refractivity contribution in [1.29, 1.82) is 0 Å². The molecule has 1 aliphatic rings. The summed E-state index contributed by atoms with van der Waals surface area (Å²) in [5.74, 6) is 1.25. The van der Waals surface area contributed by atoms with E-state index in [1.165, 1.54) is 22.9 Å². The highest BCUT2D eigenvalue weighted by atomic mass is 32.2. The summed E-state index contributed by atoms with van der Waals surface area (Å²) in [6.07, 6.45) is 8.00. The lowest BCUT2D eigenvalue weighted by atomic mass is 9.89. The number of aliphatic hydroxyl groups excluding tert-OH is 1. The lowest BCUT2D eigenvalue weighted by molar-refractivity contribution is -0.00960. The molecule has 0 fully saturated rings. The number of fused-ring (bicyclic) bond motifs is 1. The van der Waals surface area contributed by atoms with Crippen molar-refractivity contribution in [1.82, 2.24) is 19.7 Å². The van der Waals surface area contributed by atoms with Crippen molar-refractivity contribution in [2.24, 2.45) is 0 Å². The van der Waals surface area contributed by atoms with Gasteiger partial charge in [0.1, 0.15) is 0 Å². The molecule has 156 valence electrons. The van der Waals surface area contributed by atoms with Crippen LogP contribution in [0.4, 0.5) is 0 Å². The normalized spacial score (nSPS) is 16.8. The Bertz CT molecular complexity index is 976. The highest BCUT2D eigenvalue weighted by Crippen LogP contribution is 2.32. The number of aromatic nitrogens is 4. The summed E-state index contributed by atoms with van der Waals surface area (Å²) in [5.41, 5.74) is 3.57. The molecule has 1 aliphatic carbocycles. The van der Waals surface area contributed by atoms with Gasteiger partial charge >= 0.3 is 0 Å². The second-order valence-corrected chi connectivity index (χ2v) is 8.31. The monoisotopic (exact) mass is 422 g/mol. The predicted octanol–water partition coefficient (Wildman–Crippen LogP) is 4.07. The van der Waals surface area contributed by atoms with Crippen LogP contribution in [0, 0.1) is 0 Å². The Morgan fingerprint density at radius 1 is 1.23 bits per heavy atom. The molecular weight excluding hydrogens is 396 g/mol. The first-order valence-corrected chi connectivity index (χ1v) is 11.2. The van der Waals surface area contributed by atoms with Gasteiger partial charge in [-0.15, -0.1) is 16.8 Å². The molecule has 7 heteroatoms. The van der Waals surface area contributed by atoms with Gasteiger partial charge in [-0.05, 0) is 42.5 Å². The Kier molecular flexibility index (Phi) is 6.94. The van der Waals surface area contributed by atoms with E-state index in [1.807, 2.05) is 22.8 Å². The first-order chi connectivity index (χ1) is 14.8. The van der Waals surface area contributed by atoms with E-state index in [0.29, 0.717) is 18.9 Å². The largest absolute Gasteiger partial charge is 0.390 e. The number of pyridine rings is 1. The summed E-state index contributed by atoms with van der Waals surface area (Å²) in [6, 6.07) is 12.3. The van der Waals surface area contributed by atoms with Gasteiger partial charge in [0, 0.05) is 30.3 Å². The summed E-state index contributed by atoms with van der Waals surface area (Å²) in [5, 5.41) is 19.9. The van der Waals surface area contributed by atoms with Crippen LogP contribution in [0.15, 0.2) is 66.6 Å². The first-order valence-electron chi connectivity index (χ1n) is 10.2. The minimum atomic E-state index is -0.581. The van der Waals surface area contributed by atoms with Gasteiger partial charge in [0.2, 0.25) is 0 Å². The average Bonchev–Trinajstić information content (AvgIpc) is 3.19. The maximum absolute atomic E-state index is 10.5. The fourth-order valence-corrected chi connectivity index (χ4v) is 4.59. The zero-order valence-electron chi connectivity index (χ0n) is 16.9. The van der Waals surface area contributed by atoms with Gasteiger partial charge in [0.15, 0.2) is 11.0 Å². The molecule has 0 aliphatic heterocycles. The highest BCUT2D eigenvalue weighted by molar-refractivity contribution is 7.99. The zero-order chi connectivity index (χ0) is 20.8. The summed E-state index contributed by atoms with van der Waals surface area (Å²) in [4.78, 5) is 4.06. The third kappa shape index (κ3) is 4.80. The summed E-state index contributed by atoms with van der Waals surface area (Å²) in [7, 11) is 0. The number of aliphatic hydroxyl groups is 1. The Morgan fingerprint density at radius 3 is 2.90 bits per heavy atom. The quantitative estimate of drug-likeness (QED) is 0.414. The summed E-state index contributed by atoms with van der Waals surface area (Å²) < 4.78 is 8.08. The minimum Gasteiger partial charge on any atom is -0.390 e. The standard InChI is InChI=1S/C23H26N4O2S/c1-2-14-27-22(18-10-12-24-13-11-18)25-26-23(27)30-16-19(28)15-29-21-9-5-7-17-6-3-4-8-20(17)21/h2-4,6,8,10-13,19,21,28H,1,5,7,9,14-16H2/t19-,21+/m1/s1. The van der Waals surface area contributed by atoms with Gasteiger partial charge < -0.3 is 9.84 Å². The van der Waals surface area contributed by atoms with Crippen LogP contribution in [-0.4, -0.2) is 43.3 Å². The number of benzene rings is 1. The topological polar surface area (TPSA) is 73.1 Å². The van der Waals surface area contributed by atoms with E-state index in [1.54, 1.807) is 12.4 Å². The molecule has 1 N–H and O–H groups in total. The van der Waals surface area contributed by atoms with E-state index in [2.05, 4.69) is 46.0 Å². The van der Waals surface area contributed by atoms with Gasteiger partial charge in [-0.1, -0.05) is 42.1 Å². The third-order valence-corrected chi connectivity index (χ3v) is 6.29. The fraction of sp³-hybridized carbons (Fsp3) is 0.348. The highest BCUT2D eigenvalue weighted by Gasteiger charge is 2.22. The summed E-state index contributed by atoms with van der Waals surface area (Å²) >= 11 is 1.48. The second-order valence-electron chi connectivity index (χ2n) is 7.32. The lowest BCUT2D eigenvalue weighted by Gasteiger charge is -2.26. The lowest BCUT2D eigenvalue weighted by Crippen LogP contribution is -2.22. The van der Waals surface area contributed by atoms with E-state index >= 15 is 0 Å². The van der Waals surface area contributed by atoms with E-state index in [-0.39, 0.29) is 6.10 Å². The number of thioether (sulfide) groups is 1. The predicted molar refractivity (Wildman–Crippen MR) is 118 cm³/mol. The Balaban J connectivity index is 1.36. The smallest absolute Gasteiger partial charge is 0.191 e. The molecule has 6 nitrogen and oxygen atoms in total. The van der Waals surface area contributed by atoms with Crippen LogP contribution < -0.4 is 0 Å². The van der Waals surface area contributed by atoms with Crippen LogP contribution in [0.3, 0.4) is 0 Å². The van der Waals surface area contributed by atoms with E-state index < -0.39 is 6.10 Å². The first kappa shape index (κ1) is 20.8. The third-order valence-electron chi connectivity index (χ3n) is 5.18. The van der Waals surface area contributed by atoms with Crippen molar-refractivity contribution in [2.45, 2.75) is 43.2 Å². The van der Waals surface area contributed by atoms with Gasteiger partial charge in [-0.25, -0.2) is 0 Å². The summed E-state index contributed by atoms with van der Waals surface area (Å²) in [6.45, 7) is 4.74. The molecule has 0 spiro atoms. The molecule has 30 heavy (non-hydrogen) atoms. The van der Waals surface area contributed by atoms with Gasteiger partial charge in [0.05, 0.1) is 18.8 Å². The molecule has 0 radical (unpaired) electrons. The molecule has 2 atom stereocenters. The molecular formula is C23H26N4O2S. The van der Waals surface area contributed by atoms with Crippen LogP contribution in [0.5, 0.6) is 0 Å². The zero-order valence-corrected chi connectivity index (χ0v) is 17.7. The molecule has 0 saturated carbocycles. The van der Waals surface area contributed by atoms with Crippen LogP contribution in [-0.2, 0) is 17.7 Å². The molecule has 1 aromatic carbocycles. The Morgan fingerprint density at radius 2 is 2.07 bits per heavy atom. The fourth-order valence-electron chi connectivity index (χ4n) is 3.73. The second kappa shape index (κ2) is 10.0. The number of aryl methyl sites for hydroxylation is 1. The van der Waals surface area contributed by atoms with Crippen molar-refractivity contribution in [2.75, 3.05) is 12.4 Å². The number of allylic oxidation sites excluding steroid dienone is 1. The number of ether oxygens (including phenoxy) is 1. The van der Waals surface area contributed by atoms with E-state index in [9.17, 15) is 5.11 Å². The number of rotatable bonds is 9. The average molecular weight is 423 g/mol. The number of hydrogen-bond donors (Lipinski definition) is 1. The van der Waals surface area contributed by atoms with Crippen LogP contribution >= 0.6 is 11.8 Å². The molecule has 4 rings (SSSR count). The van der Waals surface area contributed by atoms with Gasteiger partial charge in [0.25, 0.3) is 0 Å².